The predicted octanol–water partition coefficient (Wildman–Crippen LogP) is 4.76. The highest BCUT2D eigenvalue weighted by Gasteiger charge is 2.05. The summed E-state index contributed by atoms with van der Waals surface area (Å²) in [5.74, 6) is 0.213. The van der Waals surface area contributed by atoms with Crippen molar-refractivity contribution in [1.82, 2.24) is 4.98 Å². The first-order chi connectivity index (χ1) is 12.5. The maximum absolute atomic E-state index is 12.9. The van der Waals surface area contributed by atoms with E-state index in [0.717, 1.165) is 11.3 Å². The number of carbonyl (C=O) groups excluding carboxylic acids is 1. The standard InChI is InChI=1S/C21H20FN3O/c1-14-9-15(2)11-19(10-14)24-20-8-7-18(13-23-20)25-21(26)12-16-3-5-17(22)6-4-16/h3-11,13H,12H2,1-2H3,(H,23,24)(H,25,26). The molecule has 0 unspecified atom stereocenters. The fourth-order valence-corrected chi connectivity index (χ4v) is 2.73. The van der Waals surface area contributed by atoms with Gasteiger partial charge in [0.1, 0.15) is 11.6 Å². The predicted molar refractivity (Wildman–Crippen MR) is 102 cm³/mol. The Balaban J connectivity index is 1.60. The maximum atomic E-state index is 12.9. The number of anilines is 3. The lowest BCUT2D eigenvalue weighted by Gasteiger charge is -2.09. The summed E-state index contributed by atoms with van der Waals surface area (Å²) in [6, 6.07) is 15.7. The molecule has 5 heteroatoms. The zero-order valence-corrected chi connectivity index (χ0v) is 14.7. The van der Waals surface area contributed by atoms with Crippen molar-refractivity contribution < 1.29 is 9.18 Å². The largest absolute Gasteiger partial charge is 0.340 e. The number of nitrogens with one attached hydrogen (secondary N) is 2. The number of aromatic nitrogens is 1. The molecule has 4 nitrogen and oxygen atoms in total. The van der Waals surface area contributed by atoms with Crippen molar-refractivity contribution in [3.63, 3.8) is 0 Å². The summed E-state index contributed by atoms with van der Waals surface area (Å²) >= 11 is 0. The van der Waals surface area contributed by atoms with Crippen molar-refractivity contribution in [3.05, 3.63) is 83.3 Å². The Morgan fingerprint density at radius 2 is 1.65 bits per heavy atom. The van der Waals surface area contributed by atoms with Gasteiger partial charge in [0.15, 0.2) is 0 Å². The van der Waals surface area contributed by atoms with Crippen LogP contribution in [0, 0.1) is 19.7 Å². The Morgan fingerprint density at radius 3 is 2.27 bits per heavy atom. The van der Waals surface area contributed by atoms with Crippen LogP contribution in [0.2, 0.25) is 0 Å². The lowest BCUT2D eigenvalue weighted by molar-refractivity contribution is -0.115. The fourth-order valence-electron chi connectivity index (χ4n) is 2.73. The van der Waals surface area contributed by atoms with Gasteiger partial charge in [0, 0.05) is 5.69 Å². The van der Waals surface area contributed by atoms with Gasteiger partial charge in [-0.15, -0.1) is 0 Å². The smallest absolute Gasteiger partial charge is 0.228 e. The molecule has 3 aromatic rings. The number of aryl methyl sites for hydroxylation is 2. The summed E-state index contributed by atoms with van der Waals surface area (Å²) in [6.45, 7) is 4.09. The van der Waals surface area contributed by atoms with E-state index in [9.17, 15) is 9.18 Å². The molecular formula is C21H20FN3O. The van der Waals surface area contributed by atoms with Gasteiger partial charge in [-0.3, -0.25) is 4.79 Å². The SMILES string of the molecule is Cc1cc(C)cc(Nc2ccc(NC(=O)Cc3ccc(F)cc3)cn2)c1. The quantitative estimate of drug-likeness (QED) is 0.698. The van der Waals surface area contributed by atoms with Crippen LogP contribution in [0.3, 0.4) is 0 Å². The zero-order valence-electron chi connectivity index (χ0n) is 14.7. The van der Waals surface area contributed by atoms with Gasteiger partial charge in [-0.05, 0) is 66.9 Å². The molecule has 26 heavy (non-hydrogen) atoms. The summed E-state index contributed by atoms with van der Waals surface area (Å²) in [4.78, 5) is 16.4. The molecule has 1 heterocycles. The summed E-state index contributed by atoms with van der Waals surface area (Å²) < 4.78 is 12.9. The van der Waals surface area contributed by atoms with E-state index >= 15 is 0 Å². The van der Waals surface area contributed by atoms with E-state index in [4.69, 9.17) is 0 Å². The first-order valence-corrected chi connectivity index (χ1v) is 8.33. The average Bonchev–Trinajstić information content (AvgIpc) is 2.58. The number of hydrogen-bond donors (Lipinski definition) is 2. The highest BCUT2D eigenvalue weighted by atomic mass is 19.1. The first kappa shape index (κ1) is 17.6. The van der Waals surface area contributed by atoms with E-state index in [2.05, 4.69) is 21.7 Å². The highest BCUT2D eigenvalue weighted by molar-refractivity contribution is 5.92. The first-order valence-electron chi connectivity index (χ1n) is 8.33. The molecule has 2 aromatic carbocycles. The second-order valence-corrected chi connectivity index (χ2v) is 6.28. The van der Waals surface area contributed by atoms with Crippen LogP contribution in [0.15, 0.2) is 60.8 Å². The number of benzene rings is 2. The Hall–Kier alpha value is -3.21. The van der Waals surface area contributed by atoms with Crippen LogP contribution in [0.5, 0.6) is 0 Å². The minimum Gasteiger partial charge on any atom is -0.340 e. The molecule has 0 saturated heterocycles. The van der Waals surface area contributed by atoms with Crippen LogP contribution >= 0.6 is 0 Å². The third-order valence-electron chi connectivity index (χ3n) is 3.82. The Bertz CT molecular complexity index is 885. The van der Waals surface area contributed by atoms with Crippen molar-refractivity contribution >= 4 is 23.1 Å². The summed E-state index contributed by atoms with van der Waals surface area (Å²) in [5, 5.41) is 6.04. The molecule has 0 aliphatic rings. The molecule has 1 aromatic heterocycles. The van der Waals surface area contributed by atoms with Crippen LogP contribution in [0.4, 0.5) is 21.6 Å². The average molecular weight is 349 g/mol. The number of rotatable bonds is 5. The highest BCUT2D eigenvalue weighted by Crippen LogP contribution is 2.19. The van der Waals surface area contributed by atoms with Crippen LogP contribution in [0.25, 0.3) is 0 Å². The molecule has 132 valence electrons. The topological polar surface area (TPSA) is 54.0 Å². The van der Waals surface area contributed by atoms with Crippen LogP contribution in [0.1, 0.15) is 16.7 Å². The van der Waals surface area contributed by atoms with Crippen molar-refractivity contribution in [1.29, 1.82) is 0 Å². The molecule has 0 spiro atoms. The van der Waals surface area contributed by atoms with Crippen LogP contribution in [-0.2, 0) is 11.2 Å². The summed E-state index contributed by atoms with van der Waals surface area (Å²) in [6.07, 6.45) is 1.79. The third-order valence-corrected chi connectivity index (χ3v) is 3.82. The van der Waals surface area contributed by atoms with Gasteiger partial charge in [-0.1, -0.05) is 18.2 Å². The monoisotopic (exact) mass is 349 g/mol. The van der Waals surface area contributed by atoms with Crippen molar-refractivity contribution in [2.75, 3.05) is 10.6 Å². The Labute approximate surface area is 152 Å². The van der Waals surface area contributed by atoms with E-state index in [-0.39, 0.29) is 18.1 Å². The maximum Gasteiger partial charge on any atom is 0.228 e. The summed E-state index contributed by atoms with van der Waals surface area (Å²) in [7, 11) is 0. The van der Waals surface area contributed by atoms with Crippen molar-refractivity contribution in [2.24, 2.45) is 0 Å². The zero-order chi connectivity index (χ0) is 18.5. The Kier molecular flexibility index (Phi) is 5.27. The van der Waals surface area contributed by atoms with Gasteiger partial charge >= 0.3 is 0 Å². The van der Waals surface area contributed by atoms with Gasteiger partial charge in [-0.25, -0.2) is 9.37 Å². The number of carbonyl (C=O) groups is 1. The third kappa shape index (κ3) is 4.89. The second kappa shape index (κ2) is 7.78. The lowest BCUT2D eigenvalue weighted by Crippen LogP contribution is -2.14. The van der Waals surface area contributed by atoms with Gasteiger partial charge in [0.2, 0.25) is 5.91 Å². The number of hydrogen-bond acceptors (Lipinski definition) is 3. The Morgan fingerprint density at radius 1 is 0.962 bits per heavy atom. The molecule has 3 rings (SSSR count). The normalized spacial score (nSPS) is 10.4. The minimum atomic E-state index is -0.315. The van der Waals surface area contributed by atoms with E-state index < -0.39 is 0 Å². The molecule has 0 radical (unpaired) electrons. The molecule has 0 aliphatic heterocycles. The number of nitrogens with zero attached hydrogens (tertiary/aromatic N) is 1. The van der Waals surface area contributed by atoms with E-state index in [1.807, 2.05) is 32.0 Å². The van der Waals surface area contributed by atoms with Crippen molar-refractivity contribution in [3.8, 4) is 0 Å². The number of halogens is 1. The minimum absolute atomic E-state index is 0.173. The molecule has 1 amide bonds. The number of pyridine rings is 1. The van der Waals surface area contributed by atoms with Crippen LogP contribution in [-0.4, -0.2) is 10.9 Å². The molecule has 0 atom stereocenters. The number of amides is 1. The molecule has 0 aliphatic carbocycles. The van der Waals surface area contributed by atoms with Gasteiger partial charge in [0.05, 0.1) is 18.3 Å². The molecular weight excluding hydrogens is 329 g/mol. The van der Waals surface area contributed by atoms with Gasteiger partial charge in [0.25, 0.3) is 0 Å². The van der Waals surface area contributed by atoms with E-state index in [1.54, 1.807) is 24.4 Å². The molecule has 0 saturated carbocycles. The fraction of sp³-hybridized carbons (Fsp3) is 0.143. The van der Waals surface area contributed by atoms with Crippen molar-refractivity contribution in [2.45, 2.75) is 20.3 Å². The molecule has 2 N–H and O–H groups in total. The van der Waals surface area contributed by atoms with E-state index in [0.29, 0.717) is 11.5 Å². The van der Waals surface area contributed by atoms with Gasteiger partial charge in [-0.2, -0.15) is 0 Å². The lowest BCUT2D eigenvalue weighted by atomic mass is 10.1. The molecule has 0 fully saturated rings. The van der Waals surface area contributed by atoms with Crippen LogP contribution < -0.4 is 10.6 Å². The van der Waals surface area contributed by atoms with Gasteiger partial charge < -0.3 is 10.6 Å². The summed E-state index contributed by atoms with van der Waals surface area (Å²) in [5.41, 5.74) is 4.70. The van der Waals surface area contributed by atoms with E-state index in [1.165, 1.54) is 23.3 Å². The molecule has 0 bridgehead atoms. The second-order valence-electron chi connectivity index (χ2n) is 6.28.